The van der Waals surface area contributed by atoms with E-state index in [1.165, 1.54) is 12.1 Å². The lowest BCUT2D eigenvalue weighted by atomic mass is 10.1. The van der Waals surface area contributed by atoms with E-state index in [4.69, 9.17) is 0 Å². The van der Waals surface area contributed by atoms with E-state index in [9.17, 15) is 0 Å². The topological polar surface area (TPSA) is 16.1 Å². The van der Waals surface area contributed by atoms with E-state index in [0.717, 1.165) is 30.8 Å². The molecule has 16 heavy (non-hydrogen) atoms. The molecule has 3 heteroatoms. The summed E-state index contributed by atoms with van der Waals surface area (Å²) in [5, 5.41) is 1.09. The van der Waals surface area contributed by atoms with E-state index in [1.807, 2.05) is 12.3 Å². The summed E-state index contributed by atoms with van der Waals surface area (Å²) in [5.41, 5.74) is 1.18. The molecule has 1 aromatic heterocycles. The van der Waals surface area contributed by atoms with Gasteiger partial charge in [0.05, 0.1) is 0 Å². The van der Waals surface area contributed by atoms with Gasteiger partial charge in [-0.3, -0.25) is 4.98 Å². The van der Waals surface area contributed by atoms with Crippen molar-refractivity contribution in [2.75, 3.05) is 25.5 Å². The first kappa shape index (κ1) is 13.7. The van der Waals surface area contributed by atoms with Crippen LogP contribution in [0.2, 0.25) is 0 Å². The molecule has 1 heterocycles. The van der Waals surface area contributed by atoms with Crippen molar-refractivity contribution >= 4 is 15.9 Å². The van der Waals surface area contributed by atoms with Crippen LogP contribution in [0.5, 0.6) is 0 Å². The fourth-order valence-corrected chi connectivity index (χ4v) is 2.33. The third-order valence-corrected chi connectivity index (χ3v) is 3.76. The number of hydrogen-bond acceptors (Lipinski definition) is 2. The van der Waals surface area contributed by atoms with Crippen LogP contribution in [-0.2, 0) is 6.42 Å². The smallest absolute Gasteiger partial charge is 0.0416 e. The number of halogens is 1. The van der Waals surface area contributed by atoms with E-state index in [2.05, 4.69) is 51.9 Å². The minimum Gasteiger partial charge on any atom is -0.306 e. The third-order valence-electron chi connectivity index (χ3n) is 2.84. The highest BCUT2D eigenvalue weighted by Crippen LogP contribution is 2.08. The van der Waals surface area contributed by atoms with Crippen molar-refractivity contribution in [3.05, 3.63) is 30.1 Å². The second kappa shape index (κ2) is 7.80. The Kier molecular flexibility index (Phi) is 6.65. The van der Waals surface area contributed by atoms with Gasteiger partial charge in [0, 0.05) is 36.7 Å². The monoisotopic (exact) mass is 284 g/mol. The van der Waals surface area contributed by atoms with Gasteiger partial charge < -0.3 is 4.90 Å². The van der Waals surface area contributed by atoms with Crippen molar-refractivity contribution in [1.29, 1.82) is 0 Å². The lowest BCUT2D eigenvalue weighted by molar-refractivity contribution is 0.288. The molecule has 2 nitrogen and oxygen atoms in total. The molecule has 0 spiro atoms. The van der Waals surface area contributed by atoms with E-state index in [1.54, 1.807) is 0 Å². The van der Waals surface area contributed by atoms with Crippen molar-refractivity contribution in [2.24, 2.45) is 5.92 Å². The van der Waals surface area contributed by atoms with E-state index < -0.39 is 0 Å². The molecule has 90 valence electrons. The van der Waals surface area contributed by atoms with Gasteiger partial charge >= 0.3 is 0 Å². The Balaban J connectivity index is 2.27. The van der Waals surface area contributed by atoms with Gasteiger partial charge in [-0.2, -0.15) is 0 Å². The van der Waals surface area contributed by atoms with Crippen LogP contribution in [0.1, 0.15) is 19.0 Å². The number of hydrogen-bond donors (Lipinski definition) is 0. The highest BCUT2D eigenvalue weighted by atomic mass is 79.9. The largest absolute Gasteiger partial charge is 0.306 e. The summed E-state index contributed by atoms with van der Waals surface area (Å²) < 4.78 is 0. The standard InChI is InChI=1S/C13H21BrN2/c1-3-12(10-14)11-16(2)9-7-13-6-4-5-8-15-13/h4-6,8,12H,3,7,9-11H2,1-2H3. The van der Waals surface area contributed by atoms with Gasteiger partial charge in [-0.15, -0.1) is 0 Å². The average Bonchev–Trinajstić information content (AvgIpc) is 2.34. The number of rotatable bonds is 7. The van der Waals surface area contributed by atoms with Crippen LogP contribution in [0.3, 0.4) is 0 Å². The zero-order chi connectivity index (χ0) is 11.8. The number of likely N-dealkylation sites (N-methyl/N-ethyl adjacent to an activating group) is 1. The van der Waals surface area contributed by atoms with Gasteiger partial charge in [-0.25, -0.2) is 0 Å². The summed E-state index contributed by atoms with van der Waals surface area (Å²) in [6.45, 7) is 4.49. The third kappa shape index (κ3) is 5.08. The highest BCUT2D eigenvalue weighted by molar-refractivity contribution is 9.09. The number of alkyl halides is 1. The minimum absolute atomic E-state index is 0.758. The molecule has 0 radical (unpaired) electrons. The maximum absolute atomic E-state index is 4.33. The highest BCUT2D eigenvalue weighted by Gasteiger charge is 2.08. The van der Waals surface area contributed by atoms with Crippen LogP contribution in [0.4, 0.5) is 0 Å². The quantitative estimate of drug-likeness (QED) is 0.716. The SMILES string of the molecule is CCC(CBr)CN(C)CCc1ccccn1. The summed E-state index contributed by atoms with van der Waals surface area (Å²) in [7, 11) is 2.19. The van der Waals surface area contributed by atoms with Crippen LogP contribution in [0.25, 0.3) is 0 Å². The Hall–Kier alpha value is -0.410. The van der Waals surface area contributed by atoms with Gasteiger partial charge in [0.1, 0.15) is 0 Å². The molecule has 0 aliphatic heterocycles. The predicted molar refractivity (Wildman–Crippen MR) is 73.0 cm³/mol. The Labute approximate surface area is 107 Å². The number of aromatic nitrogens is 1. The molecule has 0 aliphatic carbocycles. The molecule has 1 rings (SSSR count). The van der Waals surface area contributed by atoms with Gasteiger partial charge in [-0.05, 0) is 25.1 Å². The van der Waals surface area contributed by atoms with Crippen LogP contribution >= 0.6 is 15.9 Å². The number of nitrogens with zero attached hydrogens (tertiary/aromatic N) is 2. The summed E-state index contributed by atoms with van der Waals surface area (Å²) >= 11 is 3.56. The first-order valence-electron chi connectivity index (χ1n) is 5.90. The zero-order valence-electron chi connectivity index (χ0n) is 10.2. The molecule has 1 aromatic rings. The van der Waals surface area contributed by atoms with Crippen LogP contribution in [0, 0.1) is 5.92 Å². The van der Waals surface area contributed by atoms with E-state index in [-0.39, 0.29) is 0 Å². The minimum atomic E-state index is 0.758. The van der Waals surface area contributed by atoms with E-state index in [0.29, 0.717) is 0 Å². The van der Waals surface area contributed by atoms with Gasteiger partial charge in [0.2, 0.25) is 0 Å². The van der Waals surface area contributed by atoms with Gasteiger partial charge in [0.15, 0.2) is 0 Å². The normalized spacial score (nSPS) is 13.0. The molecule has 0 amide bonds. The fraction of sp³-hybridized carbons (Fsp3) is 0.615. The molecule has 1 unspecified atom stereocenters. The first-order valence-corrected chi connectivity index (χ1v) is 7.02. The van der Waals surface area contributed by atoms with Crippen molar-refractivity contribution in [2.45, 2.75) is 19.8 Å². The molecule has 0 N–H and O–H groups in total. The molecular formula is C13H21BrN2. The summed E-state index contributed by atoms with van der Waals surface area (Å²) in [4.78, 5) is 6.73. The molecule has 1 atom stereocenters. The maximum atomic E-state index is 4.33. The maximum Gasteiger partial charge on any atom is 0.0416 e. The predicted octanol–water partition coefficient (Wildman–Crippen LogP) is 2.98. The Morgan fingerprint density at radius 3 is 2.81 bits per heavy atom. The van der Waals surface area contributed by atoms with Gasteiger partial charge in [0.25, 0.3) is 0 Å². The Morgan fingerprint density at radius 1 is 1.44 bits per heavy atom. The molecular weight excluding hydrogens is 264 g/mol. The molecule has 0 bridgehead atoms. The molecule has 0 saturated heterocycles. The lowest BCUT2D eigenvalue weighted by Gasteiger charge is -2.21. The van der Waals surface area contributed by atoms with Crippen LogP contribution < -0.4 is 0 Å². The van der Waals surface area contributed by atoms with Crippen LogP contribution in [-0.4, -0.2) is 35.4 Å². The lowest BCUT2D eigenvalue weighted by Crippen LogP contribution is -2.28. The Morgan fingerprint density at radius 2 is 2.25 bits per heavy atom. The second-order valence-corrected chi connectivity index (χ2v) is 4.91. The summed E-state index contributed by atoms with van der Waals surface area (Å²) in [5.74, 6) is 0.758. The van der Waals surface area contributed by atoms with Crippen molar-refractivity contribution in [1.82, 2.24) is 9.88 Å². The summed E-state index contributed by atoms with van der Waals surface area (Å²) in [6, 6.07) is 6.11. The Bertz CT molecular complexity index is 273. The molecule has 0 aliphatic rings. The molecule has 0 fully saturated rings. The average molecular weight is 285 g/mol. The second-order valence-electron chi connectivity index (χ2n) is 4.26. The first-order chi connectivity index (χ1) is 7.76. The molecule has 0 aromatic carbocycles. The van der Waals surface area contributed by atoms with Crippen molar-refractivity contribution in [3.8, 4) is 0 Å². The fourth-order valence-electron chi connectivity index (χ4n) is 1.67. The van der Waals surface area contributed by atoms with E-state index >= 15 is 0 Å². The summed E-state index contributed by atoms with van der Waals surface area (Å²) in [6.07, 6.45) is 4.14. The van der Waals surface area contributed by atoms with Crippen molar-refractivity contribution < 1.29 is 0 Å². The van der Waals surface area contributed by atoms with Crippen LogP contribution in [0.15, 0.2) is 24.4 Å². The zero-order valence-corrected chi connectivity index (χ0v) is 11.8. The molecule has 0 saturated carbocycles. The van der Waals surface area contributed by atoms with Crippen molar-refractivity contribution in [3.63, 3.8) is 0 Å². The van der Waals surface area contributed by atoms with Gasteiger partial charge in [-0.1, -0.05) is 35.3 Å². The number of pyridine rings is 1.